The number of rotatable bonds is 7. The van der Waals surface area contributed by atoms with Gasteiger partial charge in [-0.25, -0.2) is 0 Å². The van der Waals surface area contributed by atoms with Crippen LogP contribution in [0.4, 0.5) is 18.9 Å². The molecule has 0 saturated carbocycles. The van der Waals surface area contributed by atoms with Crippen molar-refractivity contribution in [1.82, 2.24) is 4.90 Å². The molecule has 0 atom stereocenters. The summed E-state index contributed by atoms with van der Waals surface area (Å²) in [6.07, 6.45) is -2.31. The molecule has 0 aromatic heterocycles. The summed E-state index contributed by atoms with van der Waals surface area (Å²) >= 11 is 0. The second-order valence-electron chi connectivity index (χ2n) is 6.38. The van der Waals surface area contributed by atoms with Crippen LogP contribution in [0.3, 0.4) is 0 Å². The van der Waals surface area contributed by atoms with Crippen molar-refractivity contribution in [3.05, 3.63) is 65.7 Å². The third-order valence-corrected chi connectivity index (χ3v) is 3.83. The van der Waals surface area contributed by atoms with Crippen molar-refractivity contribution in [3.8, 4) is 5.75 Å². The molecular formula is C21H19F3N2O4. The summed E-state index contributed by atoms with van der Waals surface area (Å²) in [6, 6.07) is 11.8. The Kier molecular flexibility index (Phi) is 7.35. The topological polar surface area (TPSA) is 75.7 Å². The molecule has 6 nitrogen and oxygen atoms in total. The Hall–Kier alpha value is -3.62. The van der Waals surface area contributed by atoms with E-state index in [0.717, 1.165) is 0 Å². The van der Waals surface area contributed by atoms with Gasteiger partial charge in [-0.15, -0.1) is 0 Å². The smallest absolute Gasteiger partial charge is 0.471 e. The zero-order chi connectivity index (χ0) is 22.3. The number of anilines is 1. The largest absolute Gasteiger partial charge is 0.484 e. The Morgan fingerprint density at radius 2 is 1.73 bits per heavy atom. The minimum absolute atomic E-state index is 0.0410. The van der Waals surface area contributed by atoms with Crippen LogP contribution >= 0.6 is 0 Å². The average Bonchev–Trinajstić information content (AvgIpc) is 2.70. The van der Waals surface area contributed by atoms with E-state index in [2.05, 4.69) is 0 Å². The molecular weight excluding hydrogens is 401 g/mol. The molecule has 0 radical (unpaired) electrons. The van der Waals surface area contributed by atoms with Gasteiger partial charge in [0.1, 0.15) is 5.75 Å². The predicted octanol–water partition coefficient (Wildman–Crippen LogP) is 3.55. The second-order valence-corrected chi connectivity index (χ2v) is 6.38. The molecule has 0 fully saturated rings. The van der Waals surface area contributed by atoms with Crippen LogP contribution in [0.25, 0.3) is 6.08 Å². The molecule has 2 aromatic rings. The van der Waals surface area contributed by atoms with Gasteiger partial charge in [-0.2, -0.15) is 13.2 Å². The van der Waals surface area contributed by atoms with Gasteiger partial charge < -0.3 is 15.0 Å². The number of halogens is 3. The average molecular weight is 420 g/mol. The Balaban J connectivity index is 1.99. The summed E-state index contributed by atoms with van der Waals surface area (Å²) in [5.74, 6) is -2.18. The highest BCUT2D eigenvalue weighted by Crippen LogP contribution is 2.19. The molecule has 158 valence electrons. The minimum Gasteiger partial charge on any atom is -0.484 e. The molecule has 0 aliphatic heterocycles. The van der Waals surface area contributed by atoms with Crippen molar-refractivity contribution >= 4 is 29.4 Å². The van der Waals surface area contributed by atoms with Crippen LogP contribution in [0.1, 0.15) is 15.9 Å². The Morgan fingerprint density at radius 1 is 1.07 bits per heavy atom. The summed E-state index contributed by atoms with van der Waals surface area (Å²) in [6.45, 7) is -0.124. The van der Waals surface area contributed by atoms with Gasteiger partial charge in [0.05, 0.1) is 0 Å². The summed E-state index contributed by atoms with van der Waals surface area (Å²) in [5, 5.41) is 1.75. The fourth-order valence-corrected chi connectivity index (χ4v) is 2.18. The number of hydrogen-bond acceptors (Lipinski definition) is 4. The third-order valence-electron chi connectivity index (χ3n) is 3.83. The molecule has 9 heteroatoms. The first-order valence-electron chi connectivity index (χ1n) is 8.70. The number of nitrogens with one attached hydrogen (secondary N) is 1. The van der Waals surface area contributed by atoms with E-state index >= 15 is 0 Å². The minimum atomic E-state index is -4.99. The molecule has 0 heterocycles. The molecule has 0 saturated heterocycles. The number of ether oxygens (including phenoxy) is 1. The number of alkyl halides is 3. The quantitative estimate of drug-likeness (QED) is 0.549. The lowest BCUT2D eigenvalue weighted by atomic mass is 10.1. The second kappa shape index (κ2) is 9.73. The zero-order valence-corrected chi connectivity index (χ0v) is 16.2. The first-order chi connectivity index (χ1) is 14.1. The molecule has 0 aliphatic carbocycles. The maximum atomic E-state index is 12.3. The normalized spacial score (nSPS) is 11.2. The van der Waals surface area contributed by atoms with E-state index in [0.29, 0.717) is 16.9 Å². The Morgan fingerprint density at radius 3 is 2.33 bits per heavy atom. The van der Waals surface area contributed by atoms with Crippen molar-refractivity contribution in [3.63, 3.8) is 0 Å². The van der Waals surface area contributed by atoms with Crippen LogP contribution in [-0.4, -0.2) is 49.4 Å². The number of benzene rings is 2. The lowest BCUT2D eigenvalue weighted by molar-refractivity contribution is -0.167. The molecule has 2 aromatic carbocycles. The van der Waals surface area contributed by atoms with Crippen molar-refractivity contribution in [2.75, 3.05) is 26.0 Å². The van der Waals surface area contributed by atoms with Gasteiger partial charge in [0, 0.05) is 25.3 Å². The van der Waals surface area contributed by atoms with Crippen LogP contribution in [0.15, 0.2) is 54.6 Å². The summed E-state index contributed by atoms with van der Waals surface area (Å²) < 4.78 is 42.3. The number of amides is 2. The highest BCUT2D eigenvalue weighted by Gasteiger charge is 2.38. The van der Waals surface area contributed by atoms with E-state index in [4.69, 9.17) is 4.74 Å². The van der Waals surface area contributed by atoms with Crippen LogP contribution in [-0.2, 0) is 9.59 Å². The number of likely N-dealkylation sites (N-methyl/N-ethyl adjacent to an activating group) is 1. The number of nitrogens with zero attached hydrogens (tertiary/aromatic N) is 1. The first kappa shape index (κ1) is 22.7. The fraction of sp³-hybridized carbons (Fsp3) is 0.190. The zero-order valence-electron chi connectivity index (χ0n) is 16.2. The molecule has 1 N–H and O–H groups in total. The maximum absolute atomic E-state index is 12.3. The van der Waals surface area contributed by atoms with Crippen LogP contribution < -0.4 is 10.1 Å². The number of allylic oxidation sites excluding steroid dienone is 1. The van der Waals surface area contributed by atoms with Crippen LogP contribution in [0.5, 0.6) is 5.75 Å². The molecule has 2 rings (SSSR count). The van der Waals surface area contributed by atoms with Crippen LogP contribution in [0, 0.1) is 0 Å². The monoisotopic (exact) mass is 420 g/mol. The lowest BCUT2D eigenvalue weighted by Gasteiger charge is -2.11. The Bertz CT molecular complexity index is 951. The third kappa shape index (κ3) is 6.77. The number of hydrogen-bond donors (Lipinski definition) is 1. The molecule has 0 aliphatic rings. The van der Waals surface area contributed by atoms with E-state index < -0.39 is 12.1 Å². The number of ketones is 1. The van der Waals surface area contributed by atoms with Gasteiger partial charge in [-0.3, -0.25) is 14.4 Å². The standard InChI is InChI=1S/C21H19F3N2O4/c1-26(2)19(28)13-30-17-9-7-15(8-10-17)18(27)11-6-14-4-3-5-16(12-14)25-20(29)21(22,23)24/h3-12H,13H2,1-2H3,(H,25,29)/b11-6+. The number of carbonyl (C=O) groups excluding carboxylic acids is 3. The van der Waals surface area contributed by atoms with Gasteiger partial charge >= 0.3 is 12.1 Å². The summed E-state index contributed by atoms with van der Waals surface area (Å²) in [4.78, 5) is 36.2. The van der Waals surface area contributed by atoms with Crippen molar-refractivity contribution in [2.45, 2.75) is 6.18 Å². The molecule has 0 bridgehead atoms. The van der Waals surface area contributed by atoms with Gasteiger partial charge in [0.15, 0.2) is 12.4 Å². The van der Waals surface area contributed by atoms with E-state index in [1.54, 1.807) is 37.6 Å². The van der Waals surface area contributed by atoms with E-state index in [-0.39, 0.29) is 24.0 Å². The lowest BCUT2D eigenvalue weighted by Crippen LogP contribution is -2.29. The maximum Gasteiger partial charge on any atom is 0.471 e. The molecule has 2 amide bonds. The first-order valence-corrected chi connectivity index (χ1v) is 8.70. The molecule has 30 heavy (non-hydrogen) atoms. The van der Waals surface area contributed by atoms with Gasteiger partial charge in [0.2, 0.25) is 0 Å². The highest BCUT2D eigenvalue weighted by molar-refractivity contribution is 6.07. The fourth-order valence-electron chi connectivity index (χ4n) is 2.18. The van der Waals surface area contributed by atoms with E-state index in [1.165, 1.54) is 47.4 Å². The predicted molar refractivity (Wildman–Crippen MR) is 105 cm³/mol. The van der Waals surface area contributed by atoms with E-state index in [1.807, 2.05) is 0 Å². The molecule has 0 spiro atoms. The molecule has 0 unspecified atom stereocenters. The summed E-state index contributed by atoms with van der Waals surface area (Å²) in [7, 11) is 3.22. The van der Waals surface area contributed by atoms with Gasteiger partial charge in [-0.1, -0.05) is 18.2 Å². The SMILES string of the molecule is CN(C)C(=O)COc1ccc(C(=O)/C=C/c2cccc(NC(=O)C(F)(F)F)c2)cc1. The van der Waals surface area contributed by atoms with Crippen molar-refractivity contribution in [1.29, 1.82) is 0 Å². The number of carbonyl (C=O) groups is 3. The van der Waals surface area contributed by atoms with Gasteiger partial charge in [0.25, 0.3) is 5.91 Å². The highest BCUT2D eigenvalue weighted by atomic mass is 19.4. The van der Waals surface area contributed by atoms with Crippen molar-refractivity contribution in [2.24, 2.45) is 0 Å². The Labute approximate surface area is 170 Å². The van der Waals surface area contributed by atoms with Crippen molar-refractivity contribution < 1.29 is 32.3 Å². The van der Waals surface area contributed by atoms with Gasteiger partial charge in [-0.05, 0) is 48.0 Å². The van der Waals surface area contributed by atoms with Crippen LogP contribution in [0.2, 0.25) is 0 Å². The van der Waals surface area contributed by atoms with E-state index in [9.17, 15) is 27.6 Å². The summed E-state index contributed by atoms with van der Waals surface area (Å²) in [5.41, 5.74) is 0.755.